The molecule has 0 amide bonds. The fourth-order valence-electron chi connectivity index (χ4n) is 3.53. The Hall–Kier alpha value is -1.14. The summed E-state index contributed by atoms with van der Waals surface area (Å²) in [6.45, 7) is 8.39. The van der Waals surface area contributed by atoms with Crippen LogP contribution in [0.2, 0.25) is 0 Å². The Labute approximate surface area is 210 Å². The van der Waals surface area contributed by atoms with E-state index in [1.807, 2.05) is 0 Å². The fourth-order valence-corrected chi connectivity index (χ4v) is 3.53. The van der Waals surface area contributed by atoms with Gasteiger partial charge < -0.3 is 0 Å². The van der Waals surface area contributed by atoms with Crippen molar-refractivity contribution in [3.05, 3.63) is 0 Å². The van der Waals surface area contributed by atoms with Crippen LogP contribution in [0.15, 0.2) is 0 Å². The molecule has 0 aromatic carbocycles. The molecule has 0 fully saturated rings. The van der Waals surface area contributed by atoms with E-state index in [4.69, 9.17) is 9.78 Å². The van der Waals surface area contributed by atoms with Gasteiger partial charge in [0.1, 0.15) is 0 Å². The minimum absolute atomic E-state index is 0.639. The topological polar surface area (TPSA) is 71.1 Å². The van der Waals surface area contributed by atoms with E-state index in [-0.39, 0.29) is 0 Å². The number of carbonyl (C=O) groups is 2. The highest BCUT2D eigenvalue weighted by Gasteiger charge is 1.96. The van der Waals surface area contributed by atoms with Crippen molar-refractivity contribution in [3.63, 3.8) is 0 Å². The fraction of sp³-hybridized carbons (Fsp3) is 0.929. The van der Waals surface area contributed by atoms with Crippen LogP contribution < -0.4 is 0 Å². The van der Waals surface area contributed by atoms with Gasteiger partial charge in [-0.15, -0.1) is 0 Å². The standard InChI is InChI=1S/C24H50O2.C4H6O4/c1-3-5-7-9-11-13-15-17-19-21-23-25-26-24-22-20-18-16-14-12-10-8-6-4-2;1-3(5)7-8-4(2)6/h3-24H2,1-2H3;1-2H3. The molecule has 0 aliphatic heterocycles. The molecule has 0 heterocycles. The third-order valence-electron chi connectivity index (χ3n) is 5.52. The van der Waals surface area contributed by atoms with Crippen molar-refractivity contribution in [2.45, 2.75) is 156 Å². The maximum absolute atomic E-state index is 9.85. The monoisotopic (exact) mass is 488 g/mol. The second-order valence-corrected chi connectivity index (χ2v) is 9.16. The SMILES string of the molecule is CC(=O)OOC(C)=O.CCCCCCCCCCCCOOCCCCCCCCCCCC. The zero-order chi connectivity index (χ0) is 25.5. The van der Waals surface area contributed by atoms with Gasteiger partial charge in [0.2, 0.25) is 0 Å². The average molecular weight is 489 g/mol. The van der Waals surface area contributed by atoms with Crippen LogP contribution in [0.5, 0.6) is 0 Å². The van der Waals surface area contributed by atoms with Crippen molar-refractivity contribution in [2.75, 3.05) is 13.2 Å². The lowest BCUT2D eigenvalue weighted by molar-refractivity contribution is -0.295. The summed E-state index contributed by atoms with van der Waals surface area (Å²) >= 11 is 0. The largest absolute Gasteiger partial charge is 0.352 e. The molecule has 0 bridgehead atoms. The van der Waals surface area contributed by atoms with Crippen molar-refractivity contribution in [1.82, 2.24) is 0 Å². The maximum Gasteiger partial charge on any atom is 0.352 e. The minimum atomic E-state index is -0.639. The van der Waals surface area contributed by atoms with E-state index in [9.17, 15) is 9.59 Å². The molecule has 6 heteroatoms. The number of hydrogen-bond acceptors (Lipinski definition) is 6. The zero-order valence-corrected chi connectivity index (χ0v) is 23.0. The van der Waals surface area contributed by atoms with Crippen LogP contribution in [0, 0.1) is 0 Å². The highest BCUT2D eigenvalue weighted by Crippen LogP contribution is 2.11. The molecule has 0 atom stereocenters. The first-order chi connectivity index (χ1) is 16.5. The first kappa shape index (κ1) is 35.0. The number of unbranched alkanes of at least 4 members (excludes halogenated alkanes) is 18. The Morgan fingerprint density at radius 3 is 0.882 bits per heavy atom. The quantitative estimate of drug-likeness (QED) is 0.0812. The molecule has 0 aromatic rings. The molecular weight excluding hydrogens is 432 g/mol. The molecule has 0 aliphatic rings. The lowest BCUT2D eigenvalue weighted by Crippen LogP contribution is -2.03. The predicted octanol–water partition coefficient (Wildman–Crippen LogP) is 8.80. The van der Waals surface area contributed by atoms with Gasteiger partial charge in [-0.2, -0.15) is 0 Å². The smallest absolute Gasteiger partial charge is 0.248 e. The van der Waals surface area contributed by atoms with Crippen LogP contribution in [0.1, 0.15) is 156 Å². The van der Waals surface area contributed by atoms with Gasteiger partial charge in [0.25, 0.3) is 0 Å². The predicted molar refractivity (Wildman–Crippen MR) is 139 cm³/mol. The van der Waals surface area contributed by atoms with Crippen molar-refractivity contribution in [3.8, 4) is 0 Å². The van der Waals surface area contributed by atoms with Crippen LogP contribution in [0.4, 0.5) is 0 Å². The van der Waals surface area contributed by atoms with E-state index >= 15 is 0 Å². The Bertz CT molecular complexity index is 376. The Kier molecular flexibility index (Phi) is 32.8. The first-order valence-electron chi connectivity index (χ1n) is 14.1. The molecule has 0 aliphatic carbocycles. The summed E-state index contributed by atoms with van der Waals surface area (Å²) < 4.78 is 0. The van der Waals surface area contributed by atoms with Crippen LogP contribution in [0.3, 0.4) is 0 Å². The summed E-state index contributed by atoms with van der Waals surface area (Å²) in [5.74, 6) is -1.28. The number of rotatable bonds is 23. The van der Waals surface area contributed by atoms with Gasteiger partial charge in [-0.25, -0.2) is 29.1 Å². The normalized spacial score (nSPS) is 10.5. The van der Waals surface area contributed by atoms with Crippen molar-refractivity contribution in [2.24, 2.45) is 0 Å². The molecule has 0 radical (unpaired) electrons. The lowest BCUT2D eigenvalue weighted by atomic mass is 10.1. The molecule has 0 unspecified atom stereocenters. The minimum Gasteiger partial charge on any atom is -0.248 e. The van der Waals surface area contributed by atoms with Crippen molar-refractivity contribution < 1.29 is 29.1 Å². The van der Waals surface area contributed by atoms with Gasteiger partial charge in [-0.05, 0) is 12.8 Å². The van der Waals surface area contributed by atoms with Gasteiger partial charge >= 0.3 is 11.9 Å². The van der Waals surface area contributed by atoms with Crippen molar-refractivity contribution in [1.29, 1.82) is 0 Å². The molecule has 204 valence electrons. The summed E-state index contributed by atoms with van der Waals surface area (Å²) in [6.07, 6.45) is 27.3. The van der Waals surface area contributed by atoms with Crippen LogP contribution in [-0.4, -0.2) is 25.2 Å². The van der Waals surface area contributed by atoms with Crippen LogP contribution >= 0.6 is 0 Å². The summed E-state index contributed by atoms with van der Waals surface area (Å²) in [4.78, 5) is 37.9. The number of carbonyl (C=O) groups excluding carboxylic acids is 2. The second kappa shape index (κ2) is 31.9. The summed E-state index contributed by atoms with van der Waals surface area (Å²) in [7, 11) is 0. The van der Waals surface area contributed by atoms with Crippen LogP contribution in [-0.2, 0) is 29.1 Å². The highest BCUT2D eigenvalue weighted by molar-refractivity contribution is 5.69. The molecule has 0 spiro atoms. The summed E-state index contributed by atoms with van der Waals surface area (Å²) in [6, 6.07) is 0. The maximum atomic E-state index is 9.85. The van der Waals surface area contributed by atoms with Crippen molar-refractivity contribution >= 4 is 11.9 Å². The Morgan fingerprint density at radius 2 is 0.647 bits per heavy atom. The Morgan fingerprint density at radius 1 is 0.412 bits per heavy atom. The van der Waals surface area contributed by atoms with Crippen LogP contribution in [0.25, 0.3) is 0 Å². The number of hydrogen-bond donors (Lipinski definition) is 0. The molecule has 0 rings (SSSR count). The zero-order valence-electron chi connectivity index (χ0n) is 23.0. The first-order valence-corrected chi connectivity index (χ1v) is 14.1. The average Bonchev–Trinajstić information content (AvgIpc) is 2.81. The Balaban J connectivity index is 0. The molecule has 0 N–H and O–H groups in total. The van der Waals surface area contributed by atoms with E-state index in [1.165, 1.54) is 116 Å². The lowest BCUT2D eigenvalue weighted by Gasteiger charge is -2.05. The van der Waals surface area contributed by atoms with Gasteiger partial charge in [-0.1, -0.05) is 129 Å². The van der Waals surface area contributed by atoms with E-state index in [1.54, 1.807) is 0 Å². The van der Waals surface area contributed by atoms with E-state index in [2.05, 4.69) is 23.6 Å². The van der Waals surface area contributed by atoms with Gasteiger partial charge in [0, 0.05) is 13.8 Å². The molecule has 6 nitrogen and oxygen atoms in total. The summed E-state index contributed by atoms with van der Waals surface area (Å²) in [5.41, 5.74) is 0. The summed E-state index contributed by atoms with van der Waals surface area (Å²) in [5, 5.41) is 0. The second-order valence-electron chi connectivity index (χ2n) is 9.16. The van der Waals surface area contributed by atoms with E-state index in [0.29, 0.717) is 0 Å². The molecule has 34 heavy (non-hydrogen) atoms. The van der Waals surface area contributed by atoms with E-state index < -0.39 is 11.9 Å². The van der Waals surface area contributed by atoms with Gasteiger partial charge in [0.05, 0.1) is 13.2 Å². The third-order valence-corrected chi connectivity index (χ3v) is 5.52. The molecule has 0 saturated heterocycles. The molecule has 0 aromatic heterocycles. The van der Waals surface area contributed by atoms with Gasteiger partial charge in [-0.3, -0.25) is 0 Å². The van der Waals surface area contributed by atoms with Gasteiger partial charge in [0.15, 0.2) is 0 Å². The molecular formula is C28H56O6. The van der Waals surface area contributed by atoms with E-state index in [0.717, 1.165) is 39.9 Å². The highest BCUT2D eigenvalue weighted by atomic mass is 17.2. The molecule has 0 saturated carbocycles. The third kappa shape index (κ3) is 38.1.